The molecular formula is C14H22N2O3. The molecule has 106 valence electrons. The molecule has 1 rings (SSSR count). The van der Waals surface area contributed by atoms with Gasteiger partial charge >= 0.3 is 0 Å². The highest BCUT2D eigenvalue weighted by Crippen LogP contribution is 2.09. The maximum Gasteiger partial charge on any atom is 0.241 e. The summed E-state index contributed by atoms with van der Waals surface area (Å²) in [7, 11) is 0. The molecule has 5 nitrogen and oxygen atoms in total. The monoisotopic (exact) mass is 266 g/mol. The van der Waals surface area contributed by atoms with E-state index in [1.807, 2.05) is 44.2 Å². The summed E-state index contributed by atoms with van der Waals surface area (Å²) in [6, 6.07) is 8.57. The van der Waals surface area contributed by atoms with Gasteiger partial charge in [0, 0.05) is 13.2 Å². The highest BCUT2D eigenvalue weighted by molar-refractivity contribution is 5.82. The van der Waals surface area contributed by atoms with Gasteiger partial charge in [0.2, 0.25) is 5.91 Å². The molecule has 0 unspecified atom stereocenters. The molecule has 3 N–H and O–H groups in total. The summed E-state index contributed by atoms with van der Waals surface area (Å²) < 4.78 is 10.7. The highest BCUT2D eigenvalue weighted by atomic mass is 16.7. The fourth-order valence-electron chi connectivity index (χ4n) is 1.64. The number of hydrogen-bond acceptors (Lipinski definition) is 4. The molecule has 0 saturated heterocycles. The van der Waals surface area contributed by atoms with E-state index in [0.29, 0.717) is 19.8 Å². The van der Waals surface area contributed by atoms with Gasteiger partial charge < -0.3 is 20.5 Å². The average Bonchev–Trinajstić information content (AvgIpc) is 2.45. The van der Waals surface area contributed by atoms with Crippen molar-refractivity contribution in [3.05, 3.63) is 35.9 Å². The Morgan fingerprint density at radius 3 is 2.32 bits per heavy atom. The Bertz CT molecular complexity index is 364. The summed E-state index contributed by atoms with van der Waals surface area (Å²) in [6.45, 7) is 5.12. The number of hydrogen-bond donors (Lipinski definition) is 2. The summed E-state index contributed by atoms with van der Waals surface area (Å²) in [5, 5.41) is 2.74. The Labute approximate surface area is 114 Å². The second-order valence-corrected chi connectivity index (χ2v) is 3.97. The van der Waals surface area contributed by atoms with Crippen LogP contribution in [0.1, 0.15) is 25.5 Å². The molecule has 0 aliphatic carbocycles. The standard InChI is InChI=1S/C14H22N2O3/c1-3-18-12(19-4-2)10-16-14(17)13(15)11-8-6-5-7-9-11/h5-9,12-13H,3-4,10,15H2,1-2H3,(H,16,17)/t13-/m0/s1. The third-order valence-electron chi connectivity index (χ3n) is 2.59. The topological polar surface area (TPSA) is 73.6 Å². The molecule has 1 aromatic rings. The lowest BCUT2D eigenvalue weighted by Crippen LogP contribution is -2.40. The average molecular weight is 266 g/mol. The Morgan fingerprint density at radius 2 is 1.79 bits per heavy atom. The van der Waals surface area contributed by atoms with Crippen LogP contribution >= 0.6 is 0 Å². The van der Waals surface area contributed by atoms with Crippen molar-refractivity contribution in [2.24, 2.45) is 5.73 Å². The van der Waals surface area contributed by atoms with Crippen LogP contribution in [0.25, 0.3) is 0 Å². The molecule has 5 heteroatoms. The SMILES string of the molecule is CCOC(CNC(=O)[C@@H](N)c1ccccc1)OCC. The number of benzene rings is 1. The van der Waals surface area contributed by atoms with Crippen molar-refractivity contribution in [3.63, 3.8) is 0 Å². The maximum absolute atomic E-state index is 11.9. The third kappa shape index (κ3) is 5.38. The van der Waals surface area contributed by atoms with Crippen LogP contribution in [0.15, 0.2) is 30.3 Å². The first kappa shape index (κ1) is 15.6. The van der Waals surface area contributed by atoms with Crippen LogP contribution in [0.4, 0.5) is 0 Å². The Morgan fingerprint density at radius 1 is 1.21 bits per heavy atom. The zero-order valence-electron chi connectivity index (χ0n) is 11.5. The summed E-state index contributed by atoms with van der Waals surface area (Å²) in [5.74, 6) is -0.240. The minimum Gasteiger partial charge on any atom is -0.351 e. The van der Waals surface area contributed by atoms with E-state index in [-0.39, 0.29) is 5.91 Å². The molecule has 0 aliphatic rings. The maximum atomic E-state index is 11.9. The lowest BCUT2D eigenvalue weighted by Gasteiger charge is -2.19. The van der Waals surface area contributed by atoms with Gasteiger partial charge in [0.15, 0.2) is 6.29 Å². The molecule has 0 aliphatic heterocycles. The van der Waals surface area contributed by atoms with E-state index in [1.54, 1.807) is 0 Å². The summed E-state index contributed by atoms with van der Waals surface area (Å²) in [6.07, 6.45) is -0.429. The Hall–Kier alpha value is -1.43. The van der Waals surface area contributed by atoms with Crippen LogP contribution in [0.2, 0.25) is 0 Å². The Balaban J connectivity index is 2.45. The Kier molecular flexibility index (Phi) is 7.10. The lowest BCUT2D eigenvalue weighted by molar-refractivity contribution is -0.141. The molecule has 0 saturated carbocycles. The first-order chi connectivity index (χ1) is 9.19. The quantitative estimate of drug-likeness (QED) is 0.693. The number of amides is 1. The van der Waals surface area contributed by atoms with Crippen LogP contribution in [0.5, 0.6) is 0 Å². The van der Waals surface area contributed by atoms with Crippen molar-refractivity contribution in [2.45, 2.75) is 26.2 Å². The first-order valence-electron chi connectivity index (χ1n) is 6.50. The molecule has 0 spiro atoms. The van der Waals surface area contributed by atoms with Crippen LogP contribution < -0.4 is 11.1 Å². The third-order valence-corrected chi connectivity index (χ3v) is 2.59. The van der Waals surface area contributed by atoms with Gasteiger partial charge in [-0.05, 0) is 19.4 Å². The van der Waals surface area contributed by atoms with Crippen LogP contribution in [0.3, 0.4) is 0 Å². The van der Waals surface area contributed by atoms with Gasteiger partial charge in [0.1, 0.15) is 6.04 Å². The molecule has 0 aromatic heterocycles. The molecule has 19 heavy (non-hydrogen) atoms. The van der Waals surface area contributed by atoms with Gasteiger partial charge in [-0.1, -0.05) is 30.3 Å². The van der Waals surface area contributed by atoms with Gasteiger partial charge in [-0.15, -0.1) is 0 Å². The lowest BCUT2D eigenvalue weighted by atomic mass is 10.1. The van der Waals surface area contributed by atoms with Gasteiger partial charge in [0.25, 0.3) is 0 Å². The van der Waals surface area contributed by atoms with Gasteiger partial charge in [-0.25, -0.2) is 0 Å². The van der Waals surface area contributed by atoms with E-state index in [1.165, 1.54) is 0 Å². The predicted molar refractivity (Wildman–Crippen MR) is 73.4 cm³/mol. The zero-order chi connectivity index (χ0) is 14.1. The summed E-state index contributed by atoms with van der Waals surface area (Å²) >= 11 is 0. The predicted octanol–water partition coefficient (Wildman–Crippen LogP) is 1.20. The minimum absolute atomic E-state index is 0.240. The van der Waals surface area contributed by atoms with E-state index in [0.717, 1.165) is 5.56 Å². The van der Waals surface area contributed by atoms with Crippen molar-refractivity contribution in [2.75, 3.05) is 19.8 Å². The summed E-state index contributed by atoms with van der Waals surface area (Å²) in [4.78, 5) is 11.9. The van der Waals surface area contributed by atoms with Crippen molar-refractivity contribution >= 4 is 5.91 Å². The number of ether oxygens (including phenoxy) is 2. The highest BCUT2D eigenvalue weighted by Gasteiger charge is 2.17. The second-order valence-electron chi connectivity index (χ2n) is 3.97. The second kappa shape index (κ2) is 8.63. The van der Waals surface area contributed by atoms with Crippen molar-refractivity contribution in [3.8, 4) is 0 Å². The normalized spacial score (nSPS) is 12.4. The van der Waals surface area contributed by atoms with Crippen molar-refractivity contribution < 1.29 is 14.3 Å². The summed E-state index contributed by atoms with van der Waals surface area (Å²) in [5.41, 5.74) is 6.66. The van der Waals surface area contributed by atoms with Gasteiger partial charge in [-0.3, -0.25) is 4.79 Å². The van der Waals surface area contributed by atoms with Crippen LogP contribution in [0, 0.1) is 0 Å². The molecule has 1 amide bonds. The number of carbonyl (C=O) groups excluding carboxylic acids is 1. The molecule has 0 fully saturated rings. The van der Waals surface area contributed by atoms with E-state index in [9.17, 15) is 4.79 Å². The number of nitrogens with two attached hydrogens (primary N) is 1. The van der Waals surface area contributed by atoms with E-state index in [4.69, 9.17) is 15.2 Å². The molecule has 1 aromatic carbocycles. The van der Waals surface area contributed by atoms with Crippen LogP contribution in [-0.4, -0.2) is 32.0 Å². The van der Waals surface area contributed by atoms with Crippen molar-refractivity contribution in [1.82, 2.24) is 5.32 Å². The molecule has 1 atom stereocenters. The smallest absolute Gasteiger partial charge is 0.241 e. The van der Waals surface area contributed by atoms with Gasteiger partial charge in [0.05, 0.1) is 6.54 Å². The number of rotatable bonds is 8. The fraction of sp³-hybridized carbons (Fsp3) is 0.500. The largest absolute Gasteiger partial charge is 0.351 e. The van der Waals surface area contributed by atoms with Gasteiger partial charge in [-0.2, -0.15) is 0 Å². The fourth-order valence-corrected chi connectivity index (χ4v) is 1.64. The zero-order valence-corrected chi connectivity index (χ0v) is 11.5. The van der Waals surface area contributed by atoms with Crippen LogP contribution in [-0.2, 0) is 14.3 Å². The molecular weight excluding hydrogens is 244 g/mol. The number of nitrogens with one attached hydrogen (secondary N) is 1. The number of carbonyl (C=O) groups is 1. The minimum atomic E-state index is -0.676. The molecule has 0 radical (unpaired) electrons. The molecule has 0 heterocycles. The molecule has 0 bridgehead atoms. The van der Waals surface area contributed by atoms with E-state index in [2.05, 4.69) is 5.32 Å². The van der Waals surface area contributed by atoms with E-state index >= 15 is 0 Å². The first-order valence-corrected chi connectivity index (χ1v) is 6.50. The van der Waals surface area contributed by atoms with Crippen molar-refractivity contribution in [1.29, 1.82) is 0 Å². The van der Waals surface area contributed by atoms with E-state index < -0.39 is 12.3 Å².